The maximum atomic E-state index is 14.3. The normalized spacial score (nSPS) is 14.7. The Bertz CT molecular complexity index is 1550. The highest BCUT2D eigenvalue weighted by Crippen LogP contribution is 2.25. The van der Waals surface area contributed by atoms with E-state index in [0.29, 0.717) is 68.2 Å². The summed E-state index contributed by atoms with van der Waals surface area (Å²) in [6.45, 7) is 4.29. The molecule has 4 aromatic rings. The van der Waals surface area contributed by atoms with Crippen LogP contribution >= 0.6 is 0 Å². The first-order chi connectivity index (χ1) is 18.9. The average Bonchev–Trinajstić information content (AvgIpc) is 2.94. The van der Waals surface area contributed by atoms with Gasteiger partial charge in [-0.05, 0) is 69.1 Å². The Balaban J connectivity index is 0.00000370. The van der Waals surface area contributed by atoms with Gasteiger partial charge in [-0.2, -0.15) is 0 Å². The second-order valence-corrected chi connectivity index (χ2v) is 9.80. The minimum absolute atomic E-state index is 0. The molecule has 0 bridgehead atoms. The number of halogens is 2. The number of nitrogens with zero attached hydrogens (tertiary/aromatic N) is 4. The van der Waals surface area contributed by atoms with Crippen molar-refractivity contribution in [3.05, 3.63) is 111 Å². The Morgan fingerprint density at radius 3 is 2.55 bits per heavy atom. The molecule has 0 atom stereocenters. The molecule has 1 saturated heterocycles. The number of benzene rings is 2. The van der Waals surface area contributed by atoms with Gasteiger partial charge in [0.05, 0.1) is 5.71 Å². The largest absolute Gasteiger partial charge is 0.485 e. The fourth-order valence-corrected chi connectivity index (χ4v) is 5.17. The summed E-state index contributed by atoms with van der Waals surface area (Å²) >= 11 is 0. The first kappa shape index (κ1) is 28.9. The zero-order valence-electron chi connectivity index (χ0n) is 21.7. The Hall–Kier alpha value is -4.11. The second kappa shape index (κ2) is 12.8. The van der Waals surface area contributed by atoms with Crippen LogP contribution in [0.4, 0.5) is 8.78 Å². The molecule has 0 saturated carbocycles. The molecule has 1 N–H and O–H groups in total. The van der Waals surface area contributed by atoms with E-state index in [0.717, 1.165) is 17.7 Å². The summed E-state index contributed by atoms with van der Waals surface area (Å²) in [4.78, 5) is 20.3. The van der Waals surface area contributed by atoms with Crippen LogP contribution in [0.1, 0.15) is 42.7 Å². The van der Waals surface area contributed by atoms with Gasteiger partial charge in [-0.25, -0.2) is 13.8 Å². The van der Waals surface area contributed by atoms with Gasteiger partial charge in [0, 0.05) is 41.5 Å². The van der Waals surface area contributed by atoms with Gasteiger partial charge in [-0.3, -0.25) is 9.20 Å². The van der Waals surface area contributed by atoms with E-state index >= 15 is 0 Å². The fraction of sp³-hybridized carbons (Fsp3) is 0.323. The molecule has 40 heavy (non-hydrogen) atoms. The second-order valence-electron chi connectivity index (χ2n) is 9.80. The molecule has 3 heterocycles. The standard InChI is InChI=1S/C30H30F2N4O3.CH4/c1-20-24(30(37)36-14-5-8-27(29(36)33-20)39-19-21-6-3-2-4-7-21)13-17-35-15-11-22(12-16-35)28(34-38)25-10-9-23(31)18-26(25)32;/h2-10,14,18,22,38H,11-13,15-17,19H2,1H3;1H4/b34-28-;. The number of rotatable bonds is 8. The van der Waals surface area contributed by atoms with Crippen LogP contribution in [0.5, 0.6) is 5.75 Å². The lowest BCUT2D eigenvalue weighted by Crippen LogP contribution is -2.38. The summed E-state index contributed by atoms with van der Waals surface area (Å²) in [5.74, 6) is -1.00. The summed E-state index contributed by atoms with van der Waals surface area (Å²) in [5, 5.41) is 12.9. The van der Waals surface area contributed by atoms with Crippen molar-refractivity contribution < 1.29 is 18.7 Å². The number of aryl methyl sites for hydroxylation is 1. The zero-order valence-corrected chi connectivity index (χ0v) is 21.7. The third kappa shape index (κ3) is 6.20. The molecule has 2 aromatic carbocycles. The van der Waals surface area contributed by atoms with E-state index in [1.54, 1.807) is 12.3 Å². The molecule has 1 aliphatic rings. The van der Waals surface area contributed by atoms with Crippen LogP contribution < -0.4 is 10.3 Å². The highest BCUT2D eigenvalue weighted by atomic mass is 19.1. The maximum absolute atomic E-state index is 14.3. The van der Waals surface area contributed by atoms with Crippen molar-refractivity contribution in [2.75, 3.05) is 19.6 Å². The highest BCUT2D eigenvalue weighted by Gasteiger charge is 2.27. The Morgan fingerprint density at radius 1 is 1.10 bits per heavy atom. The van der Waals surface area contributed by atoms with Crippen LogP contribution in [0.15, 0.2) is 76.8 Å². The number of piperidine rings is 1. The quantitative estimate of drug-likeness (QED) is 0.175. The van der Waals surface area contributed by atoms with Crippen molar-refractivity contribution in [3.8, 4) is 5.75 Å². The number of likely N-dealkylation sites (tertiary alicyclic amines) is 1. The van der Waals surface area contributed by atoms with Gasteiger partial charge < -0.3 is 14.8 Å². The van der Waals surface area contributed by atoms with Gasteiger partial charge in [0.1, 0.15) is 18.2 Å². The minimum atomic E-state index is -0.737. The number of aromatic nitrogens is 2. The lowest BCUT2D eigenvalue weighted by Gasteiger charge is -2.32. The molecule has 0 radical (unpaired) electrons. The molecular formula is C31H34F2N4O3. The molecule has 1 aliphatic heterocycles. The molecule has 0 amide bonds. The van der Waals surface area contributed by atoms with Crippen LogP contribution in [-0.2, 0) is 13.0 Å². The third-order valence-corrected chi connectivity index (χ3v) is 7.32. The average molecular weight is 549 g/mol. The monoisotopic (exact) mass is 548 g/mol. The lowest BCUT2D eigenvalue weighted by atomic mass is 9.88. The van der Waals surface area contributed by atoms with Crippen molar-refractivity contribution in [1.29, 1.82) is 0 Å². The van der Waals surface area contributed by atoms with Gasteiger partial charge in [-0.15, -0.1) is 0 Å². The fourth-order valence-electron chi connectivity index (χ4n) is 5.17. The predicted octanol–water partition coefficient (Wildman–Crippen LogP) is 5.63. The number of hydrogen-bond acceptors (Lipinski definition) is 6. The van der Waals surface area contributed by atoms with E-state index < -0.39 is 11.6 Å². The molecule has 9 heteroatoms. The van der Waals surface area contributed by atoms with Crippen molar-refractivity contribution in [3.63, 3.8) is 0 Å². The summed E-state index contributed by atoms with van der Waals surface area (Å²) in [5.41, 5.74) is 3.09. The highest BCUT2D eigenvalue weighted by molar-refractivity contribution is 6.02. The smallest absolute Gasteiger partial charge is 0.261 e. The van der Waals surface area contributed by atoms with E-state index in [9.17, 15) is 18.8 Å². The number of fused-ring (bicyclic) bond motifs is 1. The minimum Gasteiger partial charge on any atom is -0.485 e. The van der Waals surface area contributed by atoms with Gasteiger partial charge in [0.25, 0.3) is 5.56 Å². The number of ether oxygens (including phenoxy) is 1. The number of hydrogen-bond donors (Lipinski definition) is 1. The van der Waals surface area contributed by atoms with Crippen LogP contribution in [0.3, 0.4) is 0 Å². The van der Waals surface area contributed by atoms with Crippen LogP contribution in [0.2, 0.25) is 0 Å². The van der Waals surface area contributed by atoms with Gasteiger partial charge >= 0.3 is 0 Å². The maximum Gasteiger partial charge on any atom is 0.261 e. The number of oxime groups is 1. The van der Waals surface area contributed by atoms with Gasteiger partial charge in [-0.1, -0.05) is 42.9 Å². The van der Waals surface area contributed by atoms with Gasteiger partial charge in [0.15, 0.2) is 11.4 Å². The number of pyridine rings is 1. The lowest BCUT2D eigenvalue weighted by molar-refractivity contribution is 0.208. The topological polar surface area (TPSA) is 79.4 Å². The Labute approximate surface area is 232 Å². The van der Waals surface area contributed by atoms with Crippen LogP contribution in [0, 0.1) is 24.5 Å². The summed E-state index contributed by atoms with van der Waals surface area (Å²) in [7, 11) is 0. The molecule has 2 aromatic heterocycles. The van der Waals surface area contributed by atoms with E-state index in [2.05, 4.69) is 10.1 Å². The molecule has 7 nitrogen and oxygen atoms in total. The molecule has 0 unspecified atom stereocenters. The molecular weight excluding hydrogens is 514 g/mol. The Kier molecular flexibility index (Phi) is 9.26. The molecule has 210 valence electrons. The first-order valence-corrected chi connectivity index (χ1v) is 13.0. The third-order valence-electron chi connectivity index (χ3n) is 7.32. The predicted molar refractivity (Wildman–Crippen MR) is 151 cm³/mol. The van der Waals surface area contributed by atoms with Gasteiger partial charge in [0.2, 0.25) is 0 Å². The molecule has 0 spiro atoms. The van der Waals surface area contributed by atoms with E-state index in [1.807, 2.05) is 43.3 Å². The molecule has 0 aliphatic carbocycles. The molecule has 5 rings (SSSR count). The summed E-state index contributed by atoms with van der Waals surface area (Å²) < 4.78 is 35.1. The SMILES string of the molecule is C.Cc1nc2c(OCc3ccccc3)cccn2c(=O)c1CCN1CCC(/C(=N/O)c2ccc(F)cc2F)CC1. The Morgan fingerprint density at radius 2 is 1.85 bits per heavy atom. The summed E-state index contributed by atoms with van der Waals surface area (Å²) in [6, 6.07) is 16.7. The van der Waals surface area contributed by atoms with Crippen LogP contribution in [-0.4, -0.2) is 44.8 Å². The van der Waals surface area contributed by atoms with E-state index in [1.165, 1.54) is 10.5 Å². The van der Waals surface area contributed by atoms with Crippen molar-refractivity contribution in [2.24, 2.45) is 11.1 Å². The van der Waals surface area contributed by atoms with E-state index in [-0.39, 0.29) is 30.2 Å². The first-order valence-electron chi connectivity index (χ1n) is 13.0. The van der Waals surface area contributed by atoms with Crippen molar-refractivity contribution >= 4 is 11.4 Å². The van der Waals surface area contributed by atoms with Crippen LogP contribution in [0.25, 0.3) is 5.65 Å². The van der Waals surface area contributed by atoms with E-state index in [4.69, 9.17) is 9.72 Å². The summed E-state index contributed by atoms with van der Waals surface area (Å²) in [6.07, 6.45) is 3.56. The zero-order chi connectivity index (χ0) is 27.4. The molecule has 1 fully saturated rings. The van der Waals surface area contributed by atoms with Crippen molar-refractivity contribution in [2.45, 2.75) is 40.2 Å². The van der Waals surface area contributed by atoms with Crippen molar-refractivity contribution in [1.82, 2.24) is 14.3 Å².